The van der Waals surface area contributed by atoms with Gasteiger partial charge >= 0.3 is 0 Å². The maximum atomic E-state index is 6.38. The molecule has 8 heteroatoms. The molecule has 0 aliphatic carbocycles. The van der Waals surface area contributed by atoms with Crippen LogP contribution in [0.5, 0.6) is 0 Å². The van der Waals surface area contributed by atoms with E-state index in [1.54, 1.807) is 23.0 Å². The van der Waals surface area contributed by atoms with E-state index in [9.17, 15) is 0 Å². The van der Waals surface area contributed by atoms with Crippen LogP contribution >= 0.6 is 39.1 Å². The molecule has 1 N–H and O–H groups in total. The first-order chi connectivity index (χ1) is 12.6. The lowest BCUT2D eigenvalue weighted by Crippen LogP contribution is -2.07. The van der Waals surface area contributed by atoms with Crippen molar-refractivity contribution in [3.63, 3.8) is 0 Å². The van der Waals surface area contributed by atoms with Crippen molar-refractivity contribution in [2.75, 3.05) is 5.32 Å². The maximum Gasteiger partial charge on any atom is 0.172 e. The van der Waals surface area contributed by atoms with Gasteiger partial charge in [-0.15, -0.1) is 0 Å². The summed E-state index contributed by atoms with van der Waals surface area (Å²) in [5, 5.41) is 8.72. The summed E-state index contributed by atoms with van der Waals surface area (Å²) >= 11 is 16.0. The summed E-state index contributed by atoms with van der Waals surface area (Å²) in [5.41, 5.74) is 3.22. The van der Waals surface area contributed by atoms with Crippen molar-refractivity contribution in [3.8, 4) is 11.3 Å². The average molecular weight is 449 g/mol. The van der Waals surface area contributed by atoms with E-state index in [2.05, 4.69) is 36.3 Å². The minimum Gasteiger partial charge on any atom is -0.366 e. The molecule has 3 heterocycles. The number of nitrogens with one attached hydrogen (secondary N) is 1. The van der Waals surface area contributed by atoms with Crippen molar-refractivity contribution < 1.29 is 0 Å². The number of anilines is 1. The number of rotatable bonds is 4. The van der Waals surface area contributed by atoms with Crippen LogP contribution in [0.15, 0.2) is 59.5 Å². The second kappa shape index (κ2) is 7.23. The van der Waals surface area contributed by atoms with E-state index in [1.807, 2.05) is 36.5 Å². The summed E-state index contributed by atoms with van der Waals surface area (Å²) in [4.78, 5) is 8.82. The second-order valence-corrected chi connectivity index (χ2v) is 7.21. The van der Waals surface area contributed by atoms with Gasteiger partial charge in [-0.2, -0.15) is 9.61 Å². The molecule has 0 aliphatic heterocycles. The lowest BCUT2D eigenvalue weighted by molar-refractivity contribution is 0.925. The molecule has 4 aromatic rings. The number of pyridine rings is 1. The van der Waals surface area contributed by atoms with Gasteiger partial charge in [-0.05, 0) is 33.6 Å². The quantitative estimate of drug-likeness (QED) is 0.449. The zero-order valence-corrected chi connectivity index (χ0v) is 16.4. The van der Waals surface area contributed by atoms with Crippen LogP contribution in [-0.4, -0.2) is 19.6 Å². The summed E-state index contributed by atoms with van der Waals surface area (Å²) in [5.74, 6) is 0.788. The fourth-order valence-corrected chi connectivity index (χ4v) is 3.34. The van der Waals surface area contributed by atoms with E-state index in [0.717, 1.165) is 21.4 Å². The Morgan fingerprint density at radius 2 is 2.00 bits per heavy atom. The first-order valence-electron chi connectivity index (χ1n) is 7.75. The lowest BCUT2D eigenvalue weighted by Gasteiger charge is -2.12. The van der Waals surface area contributed by atoms with Gasteiger partial charge in [-0.3, -0.25) is 4.98 Å². The zero-order chi connectivity index (χ0) is 18.1. The second-order valence-electron chi connectivity index (χ2n) is 5.57. The highest BCUT2D eigenvalue weighted by Gasteiger charge is 2.14. The van der Waals surface area contributed by atoms with Gasteiger partial charge in [-0.25, -0.2) is 4.98 Å². The largest absolute Gasteiger partial charge is 0.366 e. The third-order valence-corrected chi connectivity index (χ3v) is 5.23. The number of benzene rings is 1. The maximum absolute atomic E-state index is 6.38. The number of hydrogen-bond donors (Lipinski definition) is 1. The van der Waals surface area contributed by atoms with Crippen molar-refractivity contribution in [3.05, 3.63) is 75.1 Å². The first-order valence-corrected chi connectivity index (χ1v) is 9.30. The van der Waals surface area contributed by atoms with Crippen LogP contribution in [0.25, 0.3) is 16.9 Å². The standard InChI is InChI=1S/C18H12BrCl2N5/c19-13-10-24-26-16(23-9-11-3-2-6-22-8-11)7-15(25-18(13)26)12-4-1-5-14(20)17(12)21/h1-8,10,23H,9H2. The minimum atomic E-state index is 0.472. The van der Waals surface area contributed by atoms with Gasteiger partial charge in [0.2, 0.25) is 0 Å². The number of nitrogens with zero attached hydrogens (tertiary/aromatic N) is 4. The van der Waals surface area contributed by atoms with Crippen LogP contribution < -0.4 is 5.32 Å². The molecule has 0 spiro atoms. The van der Waals surface area contributed by atoms with Crippen molar-refractivity contribution in [1.29, 1.82) is 0 Å². The molecular formula is C18H12BrCl2N5. The van der Waals surface area contributed by atoms with Gasteiger partial charge in [0, 0.05) is 30.6 Å². The Labute approximate surface area is 168 Å². The molecule has 4 rings (SSSR count). The molecule has 1 aromatic carbocycles. The predicted octanol–water partition coefficient (Wildman–Crippen LogP) is 5.47. The monoisotopic (exact) mass is 447 g/mol. The molecule has 0 bridgehead atoms. The van der Waals surface area contributed by atoms with Crippen LogP contribution in [0.2, 0.25) is 10.0 Å². The highest BCUT2D eigenvalue weighted by atomic mass is 79.9. The molecule has 0 amide bonds. The summed E-state index contributed by atoms with van der Waals surface area (Å²) < 4.78 is 2.53. The van der Waals surface area contributed by atoms with Crippen LogP contribution in [-0.2, 0) is 6.54 Å². The average Bonchev–Trinajstić information content (AvgIpc) is 3.04. The summed E-state index contributed by atoms with van der Waals surface area (Å²) in [6.45, 7) is 0.604. The smallest absolute Gasteiger partial charge is 0.172 e. The van der Waals surface area contributed by atoms with E-state index >= 15 is 0 Å². The third kappa shape index (κ3) is 3.28. The SMILES string of the molecule is Clc1cccc(-c2cc(NCc3cccnc3)n3ncc(Br)c3n2)c1Cl. The topological polar surface area (TPSA) is 55.1 Å². The molecule has 26 heavy (non-hydrogen) atoms. The molecule has 3 aromatic heterocycles. The Balaban J connectivity index is 1.80. The highest BCUT2D eigenvalue weighted by Crippen LogP contribution is 2.34. The molecule has 130 valence electrons. The summed E-state index contributed by atoms with van der Waals surface area (Å²) in [7, 11) is 0. The van der Waals surface area contributed by atoms with Crippen LogP contribution in [0, 0.1) is 0 Å². The number of aromatic nitrogens is 4. The fraction of sp³-hybridized carbons (Fsp3) is 0.0556. The summed E-state index contributed by atoms with van der Waals surface area (Å²) in [6.07, 6.45) is 5.28. The van der Waals surface area contributed by atoms with Crippen molar-refractivity contribution in [1.82, 2.24) is 19.6 Å². The molecule has 0 saturated heterocycles. The fourth-order valence-electron chi connectivity index (χ4n) is 2.60. The van der Waals surface area contributed by atoms with Crippen molar-refractivity contribution >= 4 is 50.6 Å². The van der Waals surface area contributed by atoms with Crippen molar-refractivity contribution in [2.24, 2.45) is 0 Å². The van der Waals surface area contributed by atoms with E-state index < -0.39 is 0 Å². The normalized spacial score (nSPS) is 11.0. The van der Waals surface area contributed by atoms with Crippen LogP contribution in [0.1, 0.15) is 5.56 Å². The lowest BCUT2D eigenvalue weighted by atomic mass is 10.1. The van der Waals surface area contributed by atoms with Crippen LogP contribution in [0.3, 0.4) is 0 Å². The highest BCUT2D eigenvalue weighted by molar-refractivity contribution is 9.10. The van der Waals surface area contributed by atoms with E-state index in [1.165, 1.54) is 0 Å². The molecule has 0 unspecified atom stereocenters. The molecule has 0 fully saturated rings. The van der Waals surface area contributed by atoms with Gasteiger partial charge in [0.25, 0.3) is 0 Å². The van der Waals surface area contributed by atoms with Gasteiger partial charge in [-0.1, -0.05) is 41.4 Å². The number of hydrogen-bond acceptors (Lipinski definition) is 4. The molecule has 0 atom stereocenters. The van der Waals surface area contributed by atoms with Gasteiger partial charge in [0.05, 0.1) is 26.4 Å². The van der Waals surface area contributed by atoms with Gasteiger partial charge < -0.3 is 5.32 Å². The Morgan fingerprint density at radius 1 is 1.12 bits per heavy atom. The minimum absolute atomic E-state index is 0.472. The first kappa shape index (κ1) is 17.3. The number of fused-ring (bicyclic) bond motifs is 1. The number of halogens is 3. The Kier molecular flexibility index (Phi) is 4.80. The summed E-state index contributed by atoms with van der Waals surface area (Å²) in [6, 6.07) is 11.3. The molecule has 0 radical (unpaired) electrons. The molecule has 0 saturated carbocycles. The molecule has 0 aliphatic rings. The Morgan fingerprint density at radius 3 is 2.81 bits per heavy atom. The van der Waals surface area contributed by atoms with Crippen LogP contribution in [0.4, 0.5) is 5.82 Å². The molecular weight excluding hydrogens is 437 g/mol. The van der Waals surface area contributed by atoms with E-state index in [4.69, 9.17) is 23.2 Å². The Bertz CT molecular complexity index is 1080. The van der Waals surface area contributed by atoms with E-state index in [0.29, 0.717) is 27.9 Å². The predicted molar refractivity (Wildman–Crippen MR) is 108 cm³/mol. The Hall–Kier alpha value is -2.15. The van der Waals surface area contributed by atoms with E-state index in [-0.39, 0.29) is 0 Å². The van der Waals surface area contributed by atoms with Crippen molar-refractivity contribution in [2.45, 2.75) is 6.54 Å². The zero-order valence-electron chi connectivity index (χ0n) is 13.3. The molecule has 5 nitrogen and oxygen atoms in total. The van der Waals surface area contributed by atoms with Gasteiger partial charge in [0.15, 0.2) is 5.65 Å². The van der Waals surface area contributed by atoms with Gasteiger partial charge in [0.1, 0.15) is 5.82 Å². The third-order valence-electron chi connectivity index (χ3n) is 3.85.